The Balaban J connectivity index is 2.15. The molecule has 0 saturated heterocycles. The second-order valence-corrected chi connectivity index (χ2v) is 8.05. The van der Waals surface area contributed by atoms with E-state index in [0.29, 0.717) is 0 Å². The van der Waals surface area contributed by atoms with Crippen molar-refractivity contribution in [1.29, 1.82) is 0 Å². The molecule has 21 heavy (non-hydrogen) atoms. The van der Waals surface area contributed by atoms with Crippen LogP contribution in [0, 0.1) is 13.8 Å². The van der Waals surface area contributed by atoms with Crippen molar-refractivity contribution in [2.75, 3.05) is 0 Å². The molecule has 0 aliphatic heterocycles. The molecule has 1 heterocycles. The molecule has 0 fully saturated rings. The molecule has 2 nitrogen and oxygen atoms in total. The first-order valence-electron chi connectivity index (χ1n) is 7.43. The second-order valence-electron chi connectivity index (χ2n) is 6.76. The zero-order chi connectivity index (χ0) is 15.6. The molecule has 2 aromatic rings. The molecule has 1 atom stereocenters. The summed E-state index contributed by atoms with van der Waals surface area (Å²) < 4.78 is 0. The van der Waals surface area contributed by atoms with Crippen LogP contribution in [0.2, 0.25) is 0 Å². The van der Waals surface area contributed by atoms with Gasteiger partial charge in [0.1, 0.15) is 0 Å². The van der Waals surface area contributed by atoms with E-state index in [-0.39, 0.29) is 11.5 Å². The van der Waals surface area contributed by atoms with Crippen LogP contribution in [0.15, 0.2) is 30.3 Å². The van der Waals surface area contributed by atoms with Crippen LogP contribution in [0.4, 0.5) is 0 Å². The number of nitrogens with two attached hydrogens (primary N) is 1. The first-order chi connectivity index (χ1) is 9.81. The molecule has 1 aromatic carbocycles. The molecule has 0 radical (unpaired) electrons. The highest BCUT2D eigenvalue weighted by molar-refractivity contribution is 7.12. The fourth-order valence-electron chi connectivity index (χ4n) is 2.39. The Hall–Kier alpha value is -1.16. The fourth-order valence-corrected chi connectivity index (χ4v) is 3.49. The molecule has 3 heteroatoms. The molecule has 0 aliphatic carbocycles. The lowest BCUT2D eigenvalue weighted by atomic mass is 9.86. The van der Waals surface area contributed by atoms with Crippen LogP contribution >= 0.6 is 11.3 Å². The summed E-state index contributed by atoms with van der Waals surface area (Å²) >= 11 is 1.83. The third-order valence-electron chi connectivity index (χ3n) is 3.99. The maximum atomic E-state index is 5.77. The molecule has 1 unspecified atom stereocenters. The van der Waals surface area contributed by atoms with Gasteiger partial charge < -0.3 is 0 Å². The minimum atomic E-state index is 0.183. The SMILES string of the molecule is Cc1cc(C(Cc2ccc(C(C)(C)C)cc2)NN)sc1C. The van der Waals surface area contributed by atoms with Crippen LogP contribution < -0.4 is 11.3 Å². The van der Waals surface area contributed by atoms with Gasteiger partial charge in [0.15, 0.2) is 0 Å². The zero-order valence-electron chi connectivity index (χ0n) is 13.7. The molecule has 0 spiro atoms. The van der Waals surface area contributed by atoms with E-state index >= 15 is 0 Å². The Morgan fingerprint density at radius 2 is 1.76 bits per heavy atom. The summed E-state index contributed by atoms with van der Waals surface area (Å²) in [6.45, 7) is 11.0. The fraction of sp³-hybridized carbons (Fsp3) is 0.444. The van der Waals surface area contributed by atoms with Crippen molar-refractivity contribution in [2.45, 2.75) is 52.5 Å². The smallest absolute Gasteiger partial charge is 0.0593 e. The van der Waals surface area contributed by atoms with E-state index in [9.17, 15) is 0 Å². The van der Waals surface area contributed by atoms with Gasteiger partial charge in [-0.25, -0.2) is 0 Å². The normalized spacial score (nSPS) is 13.4. The van der Waals surface area contributed by atoms with Gasteiger partial charge in [-0.1, -0.05) is 45.0 Å². The monoisotopic (exact) mass is 302 g/mol. The Morgan fingerprint density at radius 3 is 2.19 bits per heavy atom. The highest BCUT2D eigenvalue weighted by Gasteiger charge is 2.16. The quantitative estimate of drug-likeness (QED) is 0.648. The molecule has 1 aromatic heterocycles. The van der Waals surface area contributed by atoms with Gasteiger partial charge in [0.25, 0.3) is 0 Å². The average Bonchev–Trinajstić information content (AvgIpc) is 2.75. The molecule has 0 saturated carbocycles. The van der Waals surface area contributed by atoms with E-state index in [1.807, 2.05) is 11.3 Å². The molecule has 114 valence electrons. The molecular formula is C18H26N2S. The Labute approximate surface area is 132 Å². The lowest BCUT2D eigenvalue weighted by molar-refractivity contribution is 0.559. The Bertz CT molecular complexity index is 571. The maximum Gasteiger partial charge on any atom is 0.0593 e. The number of hydrogen-bond acceptors (Lipinski definition) is 3. The summed E-state index contributed by atoms with van der Waals surface area (Å²) in [7, 11) is 0. The van der Waals surface area contributed by atoms with Crippen molar-refractivity contribution < 1.29 is 0 Å². The minimum Gasteiger partial charge on any atom is -0.271 e. The number of benzene rings is 1. The zero-order valence-corrected chi connectivity index (χ0v) is 14.5. The number of hydrogen-bond donors (Lipinski definition) is 2. The van der Waals surface area contributed by atoms with Crippen molar-refractivity contribution in [1.82, 2.24) is 5.43 Å². The molecule has 3 N–H and O–H groups in total. The number of hydrazine groups is 1. The summed E-state index contributed by atoms with van der Waals surface area (Å²) in [5.74, 6) is 5.77. The molecule has 0 aliphatic rings. The van der Waals surface area contributed by atoms with Crippen molar-refractivity contribution >= 4 is 11.3 Å². The highest BCUT2D eigenvalue weighted by atomic mass is 32.1. The highest BCUT2D eigenvalue weighted by Crippen LogP contribution is 2.29. The van der Waals surface area contributed by atoms with E-state index in [1.165, 1.54) is 26.4 Å². The van der Waals surface area contributed by atoms with Gasteiger partial charge in [0.2, 0.25) is 0 Å². The van der Waals surface area contributed by atoms with Gasteiger partial charge >= 0.3 is 0 Å². The summed E-state index contributed by atoms with van der Waals surface area (Å²) in [6.07, 6.45) is 0.917. The van der Waals surface area contributed by atoms with Crippen molar-refractivity contribution in [3.63, 3.8) is 0 Å². The number of thiophene rings is 1. The lowest BCUT2D eigenvalue weighted by Crippen LogP contribution is -2.29. The average molecular weight is 302 g/mol. The summed E-state index contributed by atoms with van der Waals surface area (Å²) in [6, 6.07) is 11.3. The molecular weight excluding hydrogens is 276 g/mol. The largest absolute Gasteiger partial charge is 0.271 e. The van der Waals surface area contributed by atoms with Crippen molar-refractivity contribution in [2.24, 2.45) is 5.84 Å². The first-order valence-corrected chi connectivity index (χ1v) is 8.25. The summed E-state index contributed by atoms with van der Waals surface area (Å²) in [4.78, 5) is 2.68. The Kier molecular flexibility index (Phi) is 4.87. The Morgan fingerprint density at radius 1 is 1.14 bits per heavy atom. The number of nitrogens with one attached hydrogen (secondary N) is 1. The summed E-state index contributed by atoms with van der Waals surface area (Å²) in [5.41, 5.74) is 7.19. The van der Waals surface area contributed by atoms with Crippen LogP contribution in [0.5, 0.6) is 0 Å². The van der Waals surface area contributed by atoms with E-state index < -0.39 is 0 Å². The van der Waals surface area contributed by atoms with Gasteiger partial charge in [-0.2, -0.15) is 0 Å². The predicted octanol–water partition coefficient (Wildman–Crippen LogP) is 4.41. The van der Waals surface area contributed by atoms with Gasteiger partial charge in [-0.05, 0) is 48.4 Å². The topological polar surface area (TPSA) is 38.0 Å². The predicted molar refractivity (Wildman–Crippen MR) is 92.7 cm³/mol. The number of aryl methyl sites for hydroxylation is 2. The lowest BCUT2D eigenvalue weighted by Gasteiger charge is -2.20. The van der Waals surface area contributed by atoms with E-state index in [4.69, 9.17) is 5.84 Å². The standard InChI is InChI=1S/C18H26N2S/c1-12-10-17(21-13(12)2)16(20-19)11-14-6-8-15(9-7-14)18(3,4)5/h6-10,16,20H,11,19H2,1-5H3. The molecule has 0 bridgehead atoms. The first kappa shape index (κ1) is 16.2. The van der Waals surface area contributed by atoms with E-state index in [2.05, 4.69) is 70.4 Å². The van der Waals surface area contributed by atoms with E-state index in [1.54, 1.807) is 0 Å². The summed E-state index contributed by atoms with van der Waals surface area (Å²) in [5, 5.41) is 0. The van der Waals surface area contributed by atoms with Gasteiger partial charge in [0.05, 0.1) is 6.04 Å². The van der Waals surface area contributed by atoms with Crippen LogP contribution in [-0.4, -0.2) is 0 Å². The third-order valence-corrected chi connectivity index (χ3v) is 5.26. The van der Waals surface area contributed by atoms with Crippen molar-refractivity contribution in [3.8, 4) is 0 Å². The maximum absolute atomic E-state index is 5.77. The third kappa shape index (κ3) is 3.94. The van der Waals surface area contributed by atoms with Gasteiger partial charge in [0, 0.05) is 9.75 Å². The van der Waals surface area contributed by atoms with Crippen LogP contribution in [-0.2, 0) is 11.8 Å². The van der Waals surface area contributed by atoms with Crippen LogP contribution in [0.3, 0.4) is 0 Å². The van der Waals surface area contributed by atoms with Crippen LogP contribution in [0.25, 0.3) is 0 Å². The van der Waals surface area contributed by atoms with Gasteiger partial charge in [-0.3, -0.25) is 11.3 Å². The second kappa shape index (κ2) is 6.30. The van der Waals surface area contributed by atoms with Gasteiger partial charge in [-0.15, -0.1) is 11.3 Å². The van der Waals surface area contributed by atoms with Crippen LogP contribution in [0.1, 0.15) is 53.3 Å². The minimum absolute atomic E-state index is 0.183. The van der Waals surface area contributed by atoms with E-state index in [0.717, 1.165) is 6.42 Å². The number of rotatable bonds is 4. The molecule has 0 amide bonds. The van der Waals surface area contributed by atoms with Crippen molar-refractivity contribution in [3.05, 3.63) is 56.8 Å². The molecule has 2 rings (SSSR count).